The molecule has 0 amide bonds. The van der Waals surface area contributed by atoms with Crippen LogP contribution in [0.1, 0.15) is 10.6 Å². The second-order valence-corrected chi connectivity index (χ2v) is 5.64. The molecule has 4 nitrogen and oxygen atoms in total. The molecule has 3 heterocycles. The number of thiophene rings is 1. The van der Waals surface area contributed by atoms with Crippen LogP contribution in [0.5, 0.6) is 0 Å². The van der Waals surface area contributed by atoms with Crippen molar-refractivity contribution >= 4 is 27.4 Å². The first kappa shape index (κ1) is 12.9. The van der Waals surface area contributed by atoms with E-state index in [1.807, 2.05) is 6.92 Å². The van der Waals surface area contributed by atoms with E-state index < -0.39 is 0 Å². The van der Waals surface area contributed by atoms with Gasteiger partial charge in [-0.25, -0.2) is 14.4 Å². The fourth-order valence-electron chi connectivity index (χ4n) is 2.02. The Balaban J connectivity index is 1.73. The second-order valence-electron chi connectivity index (χ2n) is 4.41. The predicted molar refractivity (Wildman–Crippen MR) is 78.5 cm³/mol. The molecule has 3 aromatic rings. The van der Waals surface area contributed by atoms with Crippen molar-refractivity contribution in [2.24, 2.45) is 0 Å². The number of aromatic nitrogens is 3. The number of fused-ring (bicyclic) bond motifs is 1. The SMILES string of the molecule is Cc1cc2c(NCCc3ncccc3F)ncnc2s1. The van der Waals surface area contributed by atoms with Gasteiger partial charge in [0, 0.05) is 24.0 Å². The fraction of sp³-hybridized carbons (Fsp3) is 0.214. The molecule has 0 bridgehead atoms. The summed E-state index contributed by atoms with van der Waals surface area (Å²) in [5.74, 6) is 0.518. The molecule has 0 unspecified atom stereocenters. The highest BCUT2D eigenvalue weighted by atomic mass is 32.1. The number of halogens is 1. The van der Waals surface area contributed by atoms with E-state index in [2.05, 4.69) is 26.3 Å². The van der Waals surface area contributed by atoms with Crippen LogP contribution in [0, 0.1) is 12.7 Å². The molecule has 0 fully saturated rings. The lowest BCUT2D eigenvalue weighted by Crippen LogP contribution is -2.08. The molecular weight excluding hydrogens is 275 g/mol. The van der Waals surface area contributed by atoms with Crippen LogP contribution in [-0.2, 0) is 6.42 Å². The summed E-state index contributed by atoms with van der Waals surface area (Å²) in [6.07, 6.45) is 3.66. The van der Waals surface area contributed by atoms with E-state index in [1.54, 1.807) is 29.9 Å². The van der Waals surface area contributed by atoms with Crippen molar-refractivity contribution in [1.29, 1.82) is 0 Å². The first-order valence-electron chi connectivity index (χ1n) is 6.28. The maximum absolute atomic E-state index is 13.5. The van der Waals surface area contributed by atoms with Crippen LogP contribution in [0.3, 0.4) is 0 Å². The van der Waals surface area contributed by atoms with E-state index in [0.29, 0.717) is 18.7 Å². The lowest BCUT2D eigenvalue weighted by atomic mass is 10.2. The van der Waals surface area contributed by atoms with Gasteiger partial charge in [-0.1, -0.05) is 0 Å². The van der Waals surface area contributed by atoms with Gasteiger partial charge >= 0.3 is 0 Å². The molecule has 0 aliphatic heterocycles. The highest BCUT2D eigenvalue weighted by molar-refractivity contribution is 7.18. The number of hydrogen-bond donors (Lipinski definition) is 1. The Morgan fingerprint density at radius 2 is 2.20 bits per heavy atom. The molecule has 0 saturated heterocycles. The van der Waals surface area contributed by atoms with Gasteiger partial charge in [0.1, 0.15) is 22.8 Å². The van der Waals surface area contributed by atoms with Crippen LogP contribution >= 0.6 is 11.3 Å². The van der Waals surface area contributed by atoms with Gasteiger partial charge in [0.25, 0.3) is 0 Å². The van der Waals surface area contributed by atoms with Crippen LogP contribution in [0.2, 0.25) is 0 Å². The quantitative estimate of drug-likeness (QED) is 0.801. The maximum Gasteiger partial charge on any atom is 0.144 e. The number of rotatable bonds is 4. The fourth-order valence-corrected chi connectivity index (χ4v) is 2.87. The zero-order chi connectivity index (χ0) is 13.9. The topological polar surface area (TPSA) is 50.7 Å². The van der Waals surface area contributed by atoms with Crippen LogP contribution in [0.15, 0.2) is 30.7 Å². The summed E-state index contributed by atoms with van der Waals surface area (Å²) in [7, 11) is 0. The molecule has 0 aromatic carbocycles. The van der Waals surface area contributed by atoms with Gasteiger partial charge < -0.3 is 5.32 Å². The minimum atomic E-state index is -0.270. The first-order chi connectivity index (χ1) is 9.74. The highest BCUT2D eigenvalue weighted by Crippen LogP contribution is 2.27. The number of hydrogen-bond acceptors (Lipinski definition) is 5. The van der Waals surface area contributed by atoms with E-state index in [1.165, 1.54) is 10.9 Å². The first-order valence-corrected chi connectivity index (χ1v) is 7.10. The van der Waals surface area contributed by atoms with E-state index in [-0.39, 0.29) is 5.82 Å². The summed E-state index contributed by atoms with van der Waals surface area (Å²) in [6, 6.07) is 5.07. The number of aryl methyl sites for hydroxylation is 1. The zero-order valence-electron chi connectivity index (χ0n) is 10.9. The Labute approximate surface area is 119 Å². The molecule has 0 saturated carbocycles. The molecule has 0 radical (unpaired) electrons. The van der Waals surface area contributed by atoms with Gasteiger partial charge in [0.15, 0.2) is 0 Å². The van der Waals surface area contributed by atoms with Crippen molar-refractivity contribution in [2.75, 3.05) is 11.9 Å². The smallest absolute Gasteiger partial charge is 0.144 e. The average Bonchev–Trinajstić information content (AvgIpc) is 2.82. The van der Waals surface area contributed by atoms with E-state index in [9.17, 15) is 4.39 Å². The van der Waals surface area contributed by atoms with Crippen LogP contribution in [0.4, 0.5) is 10.2 Å². The van der Waals surface area contributed by atoms with Crippen molar-refractivity contribution in [1.82, 2.24) is 15.0 Å². The summed E-state index contributed by atoms with van der Waals surface area (Å²) in [4.78, 5) is 14.7. The van der Waals surface area contributed by atoms with Crippen LogP contribution < -0.4 is 5.32 Å². The second kappa shape index (κ2) is 5.50. The monoisotopic (exact) mass is 288 g/mol. The molecular formula is C14H13FN4S. The Kier molecular flexibility index (Phi) is 3.56. The summed E-state index contributed by atoms with van der Waals surface area (Å²) in [5.41, 5.74) is 0.465. The number of pyridine rings is 1. The highest BCUT2D eigenvalue weighted by Gasteiger charge is 2.07. The Morgan fingerprint density at radius 1 is 1.30 bits per heavy atom. The van der Waals surface area contributed by atoms with Crippen LogP contribution in [-0.4, -0.2) is 21.5 Å². The molecule has 0 aliphatic rings. The third-order valence-electron chi connectivity index (χ3n) is 2.94. The molecule has 0 spiro atoms. The van der Waals surface area contributed by atoms with Gasteiger partial charge in [0.05, 0.1) is 11.1 Å². The summed E-state index contributed by atoms with van der Waals surface area (Å²) >= 11 is 1.64. The van der Waals surface area contributed by atoms with Gasteiger partial charge in [-0.05, 0) is 25.1 Å². The van der Waals surface area contributed by atoms with Gasteiger partial charge in [-0.2, -0.15) is 0 Å². The van der Waals surface area contributed by atoms with E-state index in [0.717, 1.165) is 16.0 Å². The van der Waals surface area contributed by atoms with E-state index in [4.69, 9.17) is 0 Å². The molecule has 3 rings (SSSR count). The number of anilines is 1. The summed E-state index contributed by atoms with van der Waals surface area (Å²) < 4.78 is 13.5. The standard InChI is InChI=1S/C14H13FN4S/c1-9-7-10-13(18-8-19-14(10)20-9)17-6-4-12-11(15)3-2-5-16-12/h2-3,5,7-8H,4,6H2,1H3,(H,17,18,19). The zero-order valence-corrected chi connectivity index (χ0v) is 11.7. The lowest BCUT2D eigenvalue weighted by molar-refractivity contribution is 0.600. The Bertz CT molecular complexity index is 741. The molecule has 0 aliphatic carbocycles. The third kappa shape index (κ3) is 2.60. The van der Waals surface area contributed by atoms with Crippen molar-refractivity contribution in [3.05, 3.63) is 47.1 Å². The van der Waals surface area contributed by atoms with E-state index >= 15 is 0 Å². The van der Waals surface area contributed by atoms with Crippen molar-refractivity contribution in [3.63, 3.8) is 0 Å². The minimum Gasteiger partial charge on any atom is -0.369 e. The molecule has 20 heavy (non-hydrogen) atoms. The van der Waals surface area contributed by atoms with Gasteiger partial charge in [-0.15, -0.1) is 11.3 Å². The van der Waals surface area contributed by atoms with Crippen molar-refractivity contribution in [2.45, 2.75) is 13.3 Å². The largest absolute Gasteiger partial charge is 0.369 e. The van der Waals surface area contributed by atoms with Crippen molar-refractivity contribution < 1.29 is 4.39 Å². The van der Waals surface area contributed by atoms with Crippen LogP contribution in [0.25, 0.3) is 10.2 Å². The lowest BCUT2D eigenvalue weighted by Gasteiger charge is -2.06. The summed E-state index contributed by atoms with van der Waals surface area (Å²) in [6.45, 7) is 2.62. The maximum atomic E-state index is 13.5. The Morgan fingerprint density at radius 3 is 3.05 bits per heavy atom. The predicted octanol–water partition coefficient (Wildman–Crippen LogP) is 3.19. The van der Waals surface area contributed by atoms with Gasteiger partial charge in [0.2, 0.25) is 0 Å². The summed E-state index contributed by atoms with van der Waals surface area (Å²) in [5, 5.41) is 4.24. The van der Waals surface area contributed by atoms with Gasteiger partial charge in [-0.3, -0.25) is 4.98 Å². The van der Waals surface area contributed by atoms with Crippen molar-refractivity contribution in [3.8, 4) is 0 Å². The molecule has 3 aromatic heterocycles. The third-order valence-corrected chi connectivity index (χ3v) is 3.90. The Hall–Kier alpha value is -2.08. The molecule has 102 valence electrons. The number of nitrogens with one attached hydrogen (secondary N) is 1. The molecule has 6 heteroatoms. The normalized spacial score (nSPS) is 10.9. The minimum absolute atomic E-state index is 0.270. The average molecular weight is 288 g/mol. The number of nitrogens with zero attached hydrogens (tertiary/aromatic N) is 3. The molecule has 1 N–H and O–H groups in total. The molecule has 0 atom stereocenters.